The summed E-state index contributed by atoms with van der Waals surface area (Å²) in [7, 11) is 0. The number of benzene rings is 2. The van der Waals surface area contributed by atoms with Crippen molar-refractivity contribution in [3.8, 4) is 11.4 Å². The van der Waals surface area contributed by atoms with E-state index < -0.39 is 0 Å². The van der Waals surface area contributed by atoms with Crippen LogP contribution in [0.25, 0.3) is 11.4 Å². The predicted octanol–water partition coefficient (Wildman–Crippen LogP) is 5.31. The number of hydrogen-bond donors (Lipinski definition) is 0. The summed E-state index contributed by atoms with van der Waals surface area (Å²) in [4.78, 5) is 4.90. The van der Waals surface area contributed by atoms with E-state index in [9.17, 15) is 0 Å². The summed E-state index contributed by atoms with van der Waals surface area (Å²) in [5.74, 6) is 1.08. The zero-order valence-electron chi connectivity index (χ0n) is 13.9. The van der Waals surface area contributed by atoms with Crippen molar-refractivity contribution in [1.29, 1.82) is 0 Å². The van der Waals surface area contributed by atoms with E-state index in [0.717, 1.165) is 25.1 Å². The van der Waals surface area contributed by atoms with Gasteiger partial charge in [-0.25, -0.2) is 4.98 Å². The van der Waals surface area contributed by atoms with Crippen LogP contribution in [0.15, 0.2) is 66.9 Å². The Morgan fingerprint density at radius 2 is 1.52 bits per heavy atom. The van der Waals surface area contributed by atoms with Gasteiger partial charge in [0.15, 0.2) is 0 Å². The van der Waals surface area contributed by atoms with E-state index in [1.54, 1.807) is 0 Å². The highest BCUT2D eigenvalue weighted by Crippen LogP contribution is 2.23. The van der Waals surface area contributed by atoms with Gasteiger partial charge in [0.05, 0.1) is 5.69 Å². The maximum absolute atomic E-state index is 4.90. The highest BCUT2D eigenvalue weighted by atomic mass is 15.1. The van der Waals surface area contributed by atoms with Crippen molar-refractivity contribution in [3.63, 3.8) is 0 Å². The summed E-state index contributed by atoms with van der Waals surface area (Å²) in [6, 6.07) is 21.6. The molecular weight excluding hydrogens is 280 g/mol. The van der Waals surface area contributed by atoms with Gasteiger partial charge in [-0.1, -0.05) is 60.7 Å². The Kier molecular flexibility index (Phi) is 4.92. The van der Waals surface area contributed by atoms with Crippen LogP contribution < -0.4 is 0 Å². The fraction of sp³-hybridized carbons (Fsp3) is 0.286. The molecular formula is C21H24N2. The highest BCUT2D eigenvalue weighted by Gasteiger charge is 2.12. The molecule has 3 aromatic rings. The first-order valence-electron chi connectivity index (χ1n) is 8.41. The van der Waals surface area contributed by atoms with Gasteiger partial charge in [-0.2, -0.15) is 0 Å². The molecule has 2 heteroatoms. The molecule has 118 valence electrons. The van der Waals surface area contributed by atoms with Crippen molar-refractivity contribution in [2.45, 2.75) is 39.2 Å². The van der Waals surface area contributed by atoms with Crippen LogP contribution in [0, 0.1) is 0 Å². The topological polar surface area (TPSA) is 17.8 Å². The third-order valence-corrected chi connectivity index (χ3v) is 4.11. The van der Waals surface area contributed by atoms with Crippen LogP contribution in [0.4, 0.5) is 0 Å². The van der Waals surface area contributed by atoms with Gasteiger partial charge in [-0.3, -0.25) is 0 Å². The Balaban J connectivity index is 1.73. The van der Waals surface area contributed by atoms with Gasteiger partial charge in [-0.05, 0) is 38.7 Å². The Morgan fingerprint density at radius 3 is 2.17 bits per heavy atom. The molecule has 1 heterocycles. The first kappa shape index (κ1) is 15.5. The molecule has 2 aromatic carbocycles. The van der Waals surface area contributed by atoms with E-state index in [4.69, 9.17) is 4.98 Å². The summed E-state index contributed by atoms with van der Waals surface area (Å²) in [5, 5.41) is 0. The van der Waals surface area contributed by atoms with Gasteiger partial charge >= 0.3 is 0 Å². The molecule has 0 aliphatic rings. The van der Waals surface area contributed by atoms with Crippen LogP contribution in [0.2, 0.25) is 0 Å². The van der Waals surface area contributed by atoms with Crippen molar-refractivity contribution >= 4 is 0 Å². The van der Waals surface area contributed by atoms with Crippen LogP contribution in [-0.4, -0.2) is 9.55 Å². The van der Waals surface area contributed by atoms with Crippen LogP contribution >= 0.6 is 0 Å². The van der Waals surface area contributed by atoms with Crippen molar-refractivity contribution in [1.82, 2.24) is 9.55 Å². The van der Waals surface area contributed by atoms with Crippen LogP contribution in [0.3, 0.4) is 0 Å². The van der Waals surface area contributed by atoms with Gasteiger partial charge < -0.3 is 4.57 Å². The van der Waals surface area contributed by atoms with Crippen LogP contribution in [-0.2, 0) is 12.8 Å². The van der Waals surface area contributed by atoms with E-state index in [1.165, 1.54) is 16.8 Å². The largest absolute Gasteiger partial charge is 0.328 e. The van der Waals surface area contributed by atoms with Gasteiger partial charge in [0.1, 0.15) is 5.82 Å². The standard InChI is InChI=1S/C21H24N2/c1-17(2)23-16-20(15-9-12-18-10-5-3-6-11-18)22-21(23)19-13-7-4-8-14-19/h3-8,10-11,13-14,16-17H,9,12,15H2,1-2H3. The summed E-state index contributed by atoms with van der Waals surface area (Å²) in [6.07, 6.45) is 5.48. The quantitative estimate of drug-likeness (QED) is 0.603. The lowest BCUT2D eigenvalue weighted by Crippen LogP contribution is -2.01. The molecule has 23 heavy (non-hydrogen) atoms. The number of aromatic nitrogens is 2. The minimum Gasteiger partial charge on any atom is -0.328 e. The molecule has 0 amide bonds. The van der Waals surface area contributed by atoms with Gasteiger partial charge in [0, 0.05) is 17.8 Å². The second-order valence-electron chi connectivity index (χ2n) is 6.26. The van der Waals surface area contributed by atoms with E-state index >= 15 is 0 Å². The van der Waals surface area contributed by atoms with Crippen molar-refractivity contribution in [3.05, 3.63) is 78.1 Å². The first-order chi connectivity index (χ1) is 11.2. The summed E-state index contributed by atoms with van der Waals surface area (Å²) >= 11 is 0. The zero-order chi connectivity index (χ0) is 16.1. The van der Waals surface area contributed by atoms with E-state index in [2.05, 4.69) is 79.2 Å². The highest BCUT2D eigenvalue weighted by molar-refractivity contribution is 5.56. The maximum atomic E-state index is 4.90. The lowest BCUT2D eigenvalue weighted by atomic mass is 10.1. The number of hydrogen-bond acceptors (Lipinski definition) is 1. The number of rotatable bonds is 6. The molecule has 0 radical (unpaired) electrons. The van der Waals surface area contributed by atoms with E-state index in [0.29, 0.717) is 6.04 Å². The molecule has 0 saturated carbocycles. The third-order valence-electron chi connectivity index (χ3n) is 4.11. The Hall–Kier alpha value is -2.35. The van der Waals surface area contributed by atoms with Crippen LogP contribution in [0.5, 0.6) is 0 Å². The molecule has 0 fully saturated rings. The minimum atomic E-state index is 0.417. The Labute approximate surface area is 138 Å². The average Bonchev–Trinajstić information content (AvgIpc) is 3.01. The molecule has 0 unspecified atom stereocenters. The molecule has 0 aliphatic heterocycles. The molecule has 0 saturated heterocycles. The van der Waals surface area contributed by atoms with Crippen molar-refractivity contribution in [2.75, 3.05) is 0 Å². The average molecular weight is 304 g/mol. The molecule has 3 rings (SSSR count). The van der Waals surface area contributed by atoms with E-state index in [-0.39, 0.29) is 0 Å². The minimum absolute atomic E-state index is 0.417. The van der Waals surface area contributed by atoms with Gasteiger partial charge in [0.25, 0.3) is 0 Å². The second kappa shape index (κ2) is 7.28. The summed E-state index contributed by atoms with van der Waals surface area (Å²) in [6.45, 7) is 4.42. The van der Waals surface area contributed by atoms with Gasteiger partial charge in [0.2, 0.25) is 0 Å². The SMILES string of the molecule is CC(C)n1cc(CCCc2ccccc2)nc1-c1ccccc1. The van der Waals surface area contributed by atoms with Crippen LogP contribution in [0.1, 0.15) is 37.6 Å². The monoisotopic (exact) mass is 304 g/mol. The maximum Gasteiger partial charge on any atom is 0.140 e. The van der Waals surface area contributed by atoms with Gasteiger partial charge in [-0.15, -0.1) is 0 Å². The molecule has 0 aliphatic carbocycles. The molecule has 0 bridgehead atoms. The van der Waals surface area contributed by atoms with E-state index in [1.807, 2.05) is 6.07 Å². The fourth-order valence-electron chi connectivity index (χ4n) is 2.88. The summed E-state index contributed by atoms with van der Waals surface area (Å²) in [5.41, 5.74) is 3.78. The Bertz CT molecular complexity index is 727. The molecule has 0 spiro atoms. The Morgan fingerprint density at radius 1 is 0.870 bits per heavy atom. The van der Waals surface area contributed by atoms with Crippen molar-refractivity contribution in [2.24, 2.45) is 0 Å². The summed E-state index contributed by atoms with van der Waals surface area (Å²) < 4.78 is 2.28. The molecule has 2 nitrogen and oxygen atoms in total. The smallest absolute Gasteiger partial charge is 0.140 e. The number of aryl methyl sites for hydroxylation is 2. The number of imidazole rings is 1. The first-order valence-corrected chi connectivity index (χ1v) is 8.41. The number of nitrogens with zero attached hydrogens (tertiary/aromatic N) is 2. The second-order valence-corrected chi connectivity index (χ2v) is 6.26. The predicted molar refractivity (Wildman–Crippen MR) is 96.5 cm³/mol. The molecule has 0 N–H and O–H groups in total. The molecule has 1 aromatic heterocycles. The third kappa shape index (κ3) is 3.89. The van der Waals surface area contributed by atoms with Crippen molar-refractivity contribution < 1.29 is 0 Å². The zero-order valence-corrected chi connectivity index (χ0v) is 13.9. The fourth-order valence-corrected chi connectivity index (χ4v) is 2.88. The lowest BCUT2D eigenvalue weighted by molar-refractivity contribution is 0.605. The molecule has 0 atom stereocenters. The lowest BCUT2D eigenvalue weighted by Gasteiger charge is -2.10. The normalized spacial score (nSPS) is 11.1.